The molecule has 0 aromatic carbocycles. The van der Waals surface area contributed by atoms with Crippen molar-refractivity contribution in [3.63, 3.8) is 0 Å². The number of carbonyl (C=O) groups excluding carboxylic acids is 1. The van der Waals surface area contributed by atoms with Gasteiger partial charge in [0.1, 0.15) is 12.4 Å². The average Bonchev–Trinajstić information content (AvgIpc) is 2.66. The number of rotatable bonds is 11. The van der Waals surface area contributed by atoms with Crippen LogP contribution in [-0.2, 0) is 22.5 Å². The molecule has 1 fully saturated rings. The summed E-state index contributed by atoms with van der Waals surface area (Å²) in [5.41, 5.74) is 1.20. The fraction of sp³-hybridized carbons (Fsp3) is 0.579. The van der Waals surface area contributed by atoms with Crippen molar-refractivity contribution in [3.05, 3.63) is 36.0 Å². The largest absolute Gasteiger partial charge is 0.616 e. The molecule has 1 atom stereocenters. The van der Waals surface area contributed by atoms with E-state index in [-0.39, 0.29) is 24.0 Å². The summed E-state index contributed by atoms with van der Waals surface area (Å²) >= 11 is -1.31. The Morgan fingerprint density at radius 1 is 1.37 bits per heavy atom. The van der Waals surface area contributed by atoms with Gasteiger partial charge in [0.15, 0.2) is 5.75 Å². The highest BCUT2D eigenvalue weighted by Crippen LogP contribution is 2.15. The van der Waals surface area contributed by atoms with E-state index in [1.54, 1.807) is 12.3 Å². The Hall–Kier alpha value is -1.61. The maximum atomic E-state index is 11.5. The fourth-order valence-electron chi connectivity index (χ4n) is 2.83. The van der Waals surface area contributed by atoms with Crippen LogP contribution in [0.5, 0.6) is 5.88 Å². The zero-order valence-electron chi connectivity index (χ0n) is 15.6. The Morgan fingerprint density at radius 2 is 2.19 bits per heavy atom. The normalized spacial score (nSPS) is 16.4. The van der Waals surface area contributed by atoms with E-state index in [2.05, 4.69) is 15.2 Å². The number of hydrogen-bond donors (Lipinski definition) is 2. The first-order valence-corrected chi connectivity index (χ1v) is 10.8. The summed E-state index contributed by atoms with van der Waals surface area (Å²) in [6, 6.07) is 3.99. The van der Waals surface area contributed by atoms with Gasteiger partial charge >= 0.3 is 0 Å². The lowest BCUT2D eigenvalue weighted by molar-refractivity contribution is -0.118. The van der Waals surface area contributed by atoms with Crippen molar-refractivity contribution >= 4 is 17.1 Å². The number of nitrogens with zero attached hydrogens (tertiary/aromatic N) is 2. The van der Waals surface area contributed by atoms with E-state index in [4.69, 9.17) is 9.84 Å². The number of aromatic nitrogens is 1. The third kappa shape index (κ3) is 9.23. The van der Waals surface area contributed by atoms with Gasteiger partial charge in [0.2, 0.25) is 5.88 Å². The van der Waals surface area contributed by atoms with Crippen LogP contribution in [0, 0.1) is 0 Å². The van der Waals surface area contributed by atoms with Crippen LogP contribution in [-0.4, -0.2) is 69.8 Å². The van der Waals surface area contributed by atoms with E-state index in [1.807, 2.05) is 18.2 Å². The molecule has 2 N–H and O–H groups in total. The molecule has 7 nitrogen and oxygen atoms in total. The van der Waals surface area contributed by atoms with Gasteiger partial charge in [0.25, 0.3) is 5.91 Å². The lowest BCUT2D eigenvalue weighted by Crippen LogP contribution is -2.31. The van der Waals surface area contributed by atoms with Crippen LogP contribution >= 0.6 is 0 Å². The second-order valence-electron chi connectivity index (χ2n) is 6.44. The number of nitrogens with one attached hydrogen (secondary N) is 1. The molecule has 0 radical (unpaired) electrons. The van der Waals surface area contributed by atoms with E-state index >= 15 is 0 Å². The standard InChI is InChI=1S/C19H29N3O4S/c23-11-13-27(25)16-18(24)20-7-2-5-12-26-19-14-17(6-8-21-19)15-22-9-3-1-4-10-22/h2,5-6,8,14,23H,1,3-4,7,9-13,15-16H2,(H,20,24)/b5-2-. The van der Waals surface area contributed by atoms with Crippen LogP contribution in [0.15, 0.2) is 30.5 Å². The van der Waals surface area contributed by atoms with Gasteiger partial charge < -0.3 is 19.7 Å². The molecule has 0 spiro atoms. The molecule has 1 aromatic heterocycles. The minimum absolute atomic E-state index is 0.0847. The van der Waals surface area contributed by atoms with Crippen molar-refractivity contribution in [2.45, 2.75) is 25.8 Å². The Balaban J connectivity index is 1.64. The molecular weight excluding hydrogens is 366 g/mol. The molecule has 2 rings (SSSR count). The molecule has 1 aliphatic heterocycles. The van der Waals surface area contributed by atoms with Crippen LogP contribution in [0.1, 0.15) is 24.8 Å². The molecule has 1 aromatic rings. The third-order valence-electron chi connectivity index (χ3n) is 4.18. The maximum absolute atomic E-state index is 11.5. The molecule has 1 amide bonds. The Bertz CT molecular complexity index is 594. The highest BCUT2D eigenvalue weighted by Gasteiger charge is 2.12. The van der Waals surface area contributed by atoms with Crippen molar-refractivity contribution in [2.24, 2.45) is 0 Å². The van der Waals surface area contributed by atoms with Gasteiger partial charge in [-0.3, -0.25) is 9.69 Å². The number of likely N-dealkylation sites (tertiary alicyclic amines) is 1. The van der Waals surface area contributed by atoms with E-state index in [0.29, 0.717) is 19.0 Å². The monoisotopic (exact) mass is 395 g/mol. The molecule has 1 saturated heterocycles. The number of amides is 1. The van der Waals surface area contributed by atoms with Gasteiger partial charge in [-0.15, -0.1) is 0 Å². The number of carbonyl (C=O) groups is 1. The van der Waals surface area contributed by atoms with E-state index in [9.17, 15) is 9.35 Å². The highest BCUT2D eigenvalue weighted by molar-refractivity contribution is 7.92. The fourth-order valence-corrected chi connectivity index (χ4v) is 3.57. The number of piperidine rings is 1. The van der Waals surface area contributed by atoms with E-state index in [0.717, 1.165) is 19.6 Å². The van der Waals surface area contributed by atoms with Crippen molar-refractivity contribution in [1.82, 2.24) is 15.2 Å². The SMILES string of the molecule is O=C(C[S+]([O-])CCO)NC/C=C\COc1cc(CN2CCCCC2)ccn1. The topological polar surface area (TPSA) is 97.8 Å². The molecule has 0 saturated carbocycles. The average molecular weight is 396 g/mol. The lowest BCUT2D eigenvalue weighted by Gasteiger charge is -2.26. The quantitative estimate of drug-likeness (QED) is 0.426. The minimum Gasteiger partial charge on any atom is -0.616 e. The highest BCUT2D eigenvalue weighted by atomic mass is 32.2. The summed E-state index contributed by atoms with van der Waals surface area (Å²) in [5, 5.41) is 11.3. The number of aliphatic hydroxyl groups is 1. The molecule has 1 aliphatic rings. The first-order chi connectivity index (χ1) is 13.2. The van der Waals surface area contributed by atoms with Crippen LogP contribution in [0.2, 0.25) is 0 Å². The minimum atomic E-state index is -1.31. The van der Waals surface area contributed by atoms with Crippen LogP contribution in [0.25, 0.3) is 0 Å². The van der Waals surface area contributed by atoms with Crippen molar-refractivity contribution in [1.29, 1.82) is 0 Å². The second kappa shape index (κ2) is 12.7. The predicted molar refractivity (Wildman–Crippen MR) is 106 cm³/mol. The van der Waals surface area contributed by atoms with Crippen LogP contribution < -0.4 is 10.1 Å². The van der Waals surface area contributed by atoms with Crippen molar-refractivity contribution < 1.29 is 19.2 Å². The molecule has 1 unspecified atom stereocenters. The van der Waals surface area contributed by atoms with E-state index < -0.39 is 11.2 Å². The Labute approximate surface area is 164 Å². The molecule has 150 valence electrons. The summed E-state index contributed by atoms with van der Waals surface area (Å²) in [6.45, 7) is 3.78. The summed E-state index contributed by atoms with van der Waals surface area (Å²) < 4.78 is 17.0. The first kappa shape index (κ1) is 21.7. The van der Waals surface area contributed by atoms with Crippen LogP contribution in [0.4, 0.5) is 0 Å². The van der Waals surface area contributed by atoms with Gasteiger partial charge in [-0.05, 0) is 54.8 Å². The van der Waals surface area contributed by atoms with Gasteiger partial charge in [0.05, 0.1) is 6.61 Å². The van der Waals surface area contributed by atoms with Gasteiger partial charge in [-0.2, -0.15) is 0 Å². The summed E-state index contributed by atoms with van der Waals surface area (Å²) in [6.07, 6.45) is 9.23. The van der Waals surface area contributed by atoms with Gasteiger partial charge in [-0.25, -0.2) is 4.98 Å². The molecule has 0 bridgehead atoms. The zero-order chi connectivity index (χ0) is 19.3. The first-order valence-electron chi connectivity index (χ1n) is 9.35. The molecule has 8 heteroatoms. The van der Waals surface area contributed by atoms with Crippen molar-refractivity contribution in [3.8, 4) is 5.88 Å². The third-order valence-corrected chi connectivity index (χ3v) is 5.40. The molecule has 2 heterocycles. The summed E-state index contributed by atoms with van der Waals surface area (Å²) in [5.74, 6) is 0.344. The number of aliphatic hydroxyl groups excluding tert-OH is 1. The summed E-state index contributed by atoms with van der Waals surface area (Å²) in [7, 11) is 0. The molecular formula is C19H29N3O4S. The number of ether oxygens (including phenoxy) is 1. The smallest absolute Gasteiger partial charge is 0.270 e. The predicted octanol–water partition coefficient (Wildman–Crippen LogP) is 0.860. The molecule has 0 aliphatic carbocycles. The Kier molecular flexibility index (Phi) is 10.2. The summed E-state index contributed by atoms with van der Waals surface area (Å²) in [4.78, 5) is 18.2. The van der Waals surface area contributed by atoms with Crippen LogP contribution in [0.3, 0.4) is 0 Å². The number of pyridine rings is 1. The van der Waals surface area contributed by atoms with Gasteiger partial charge in [0, 0.05) is 25.4 Å². The lowest BCUT2D eigenvalue weighted by atomic mass is 10.1. The van der Waals surface area contributed by atoms with E-state index in [1.165, 1.54) is 24.8 Å². The Morgan fingerprint density at radius 3 is 2.96 bits per heavy atom. The second-order valence-corrected chi connectivity index (χ2v) is 8.01. The number of hydrogen-bond acceptors (Lipinski definition) is 6. The maximum Gasteiger partial charge on any atom is 0.270 e. The zero-order valence-corrected chi connectivity index (χ0v) is 16.5. The molecule has 27 heavy (non-hydrogen) atoms. The van der Waals surface area contributed by atoms with Crippen molar-refractivity contribution in [2.75, 3.05) is 44.4 Å². The van der Waals surface area contributed by atoms with Gasteiger partial charge in [-0.1, -0.05) is 12.5 Å².